The second kappa shape index (κ2) is 9.88. The number of benzene rings is 3. The Morgan fingerprint density at radius 1 is 0.692 bits per heavy atom. The molecule has 0 fully saturated rings. The van der Waals surface area contributed by atoms with Crippen LogP contribution < -0.4 is 14.5 Å². The third-order valence-corrected chi connectivity index (χ3v) is 8.27. The third-order valence-electron chi connectivity index (χ3n) is 8.27. The van der Waals surface area contributed by atoms with Crippen LogP contribution in [0.25, 0.3) is 0 Å². The number of allylic oxidation sites excluding steroid dienone is 4. The molecule has 0 atom stereocenters. The van der Waals surface area contributed by atoms with Crippen molar-refractivity contribution >= 4 is 35.2 Å². The number of aliphatic imine (C=N–C) groups is 2. The van der Waals surface area contributed by atoms with Gasteiger partial charge in [0.2, 0.25) is 0 Å². The minimum absolute atomic E-state index is 0.0828. The maximum atomic E-state index is 5.71. The largest absolute Gasteiger partial charge is 0.494 e. The van der Waals surface area contributed by atoms with Gasteiger partial charge in [0.1, 0.15) is 11.4 Å². The van der Waals surface area contributed by atoms with Crippen LogP contribution in [0.1, 0.15) is 44.4 Å². The number of hydrogen-bond donors (Lipinski definition) is 0. The van der Waals surface area contributed by atoms with Crippen molar-refractivity contribution in [2.45, 2.75) is 45.4 Å². The molecule has 2 aliphatic heterocycles. The molecule has 0 saturated carbocycles. The van der Waals surface area contributed by atoms with Gasteiger partial charge in [0, 0.05) is 66.2 Å². The van der Waals surface area contributed by atoms with E-state index in [0.29, 0.717) is 5.75 Å². The zero-order chi connectivity index (χ0) is 27.9. The molecule has 0 aromatic heterocycles. The molecule has 0 N–H and O–H groups in total. The number of ether oxygens (including phenoxy) is 1. The molecule has 0 unspecified atom stereocenters. The average molecular weight is 519 g/mol. The van der Waals surface area contributed by atoms with E-state index in [4.69, 9.17) is 14.7 Å². The van der Waals surface area contributed by atoms with E-state index in [2.05, 4.69) is 119 Å². The van der Waals surface area contributed by atoms with Crippen LogP contribution in [0.5, 0.6) is 5.75 Å². The van der Waals surface area contributed by atoms with Crippen LogP contribution in [0.4, 0.5) is 22.7 Å². The van der Waals surface area contributed by atoms with Crippen molar-refractivity contribution in [1.29, 1.82) is 0 Å². The molecule has 0 aliphatic carbocycles. The van der Waals surface area contributed by atoms with Gasteiger partial charge < -0.3 is 14.5 Å². The number of para-hydroxylation sites is 2. The van der Waals surface area contributed by atoms with Gasteiger partial charge >= 0.3 is 0 Å². The fourth-order valence-electron chi connectivity index (χ4n) is 6.05. The normalized spacial score (nSPS) is 19.5. The van der Waals surface area contributed by atoms with Gasteiger partial charge in [-0.3, -0.25) is 9.98 Å². The van der Waals surface area contributed by atoms with E-state index in [-0.39, 0.29) is 10.8 Å². The highest BCUT2D eigenvalue weighted by Crippen LogP contribution is 2.47. The Hall–Kier alpha value is -4.12. The maximum Gasteiger partial charge on any atom is 0.146 e. The molecular formula is C34H38N4O. The lowest BCUT2D eigenvalue weighted by Gasteiger charge is -2.23. The first-order valence-electron chi connectivity index (χ1n) is 13.4. The van der Waals surface area contributed by atoms with E-state index >= 15 is 0 Å². The summed E-state index contributed by atoms with van der Waals surface area (Å²) >= 11 is 0. The molecular weight excluding hydrogens is 480 g/mol. The minimum atomic E-state index is -0.0895. The Morgan fingerprint density at radius 3 is 1.62 bits per heavy atom. The van der Waals surface area contributed by atoms with E-state index < -0.39 is 0 Å². The van der Waals surface area contributed by atoms with Gasteiger partial charge in [-0.1, -0.05) is 64.1 Å². The first-order chi connectivity index (χ1) is 18.6. The molecule has 39 heavy (non-hydrogen) atoms. The second-order valence-corrected chi connectivity index (χ2v) is 11.4. The minimum Gasteiger partial charge on any atom is -0.494 e. The third kappa shape index (κ3) is 4.46. The van der Waals surface area contributed by atoms with Crippen LogP contribution >= 0.6 is 0 Å². The molecule has 0 radical (unpaired) electrons. The number of hydrogen-bond acceptors (Lipinski definition) is 5. The van der Waals surface area contributed by atoms with Crippen molar-refractivity contribution in [3.8, 4) is 5.75 Å². The topological polar surface area (TPSA) is 40.4 Å². The van der Waals surface area contributed by atoms with Gasteiger partial charge in [-0.2, -0.15) is 0 Å². The molecule has 2 aliphatic rings. The zero-order valence-electron chi connectivity index (χ0n) is 24.3. The van der Waals surface area contributed by atoms with Gasteiger partial charge in [-0.05, 0) is 54.0 Å². The van der Waals surface area contributed by atoms with Gasteiger partial charge in [0.25, 0.3) is 0 Å². The number of fused-ring (bicyclic) bond motifs is 2. The molecule has 0 spiro atoms. The molecule has 3 aromatic carbocycles. The Balaban J connectivity index is 1.39. The fourth-order valence-corrected chi connectivity index (χ4v) is 6.05. The summed E-state index contributed by atoms with van der Waals surface area (Å²) in [4.78, 5) is 14.1. The summed E-state index contributed by atoms with van der Waals surface area (Å²) in [5.41, 5.74) is 10.1. The molecule has 3 aromatic rings. The van der Waals surface area contributed by atoms with Gasteiger partial charge in [0.05, 0.1) is 12.8 Å². The van der Waals surface area contributed by atoms with E-state index in [9.17, 15) is 0 Å². The summed E-state index contributed by atoms with van der Waals surface area (Å²) in [7, 11) is 5.91. The standard InChI is InChI=1S/C34H38N4O/c1-23-21-27(36-20-18-32-34(4,5)25-14-10-12-16-29(25)38(32)7)30(39-8)22-26(23)35-19-17-31-33(2,3)24-13-9-11-15-28(24)37(31)6/h9-22H,1-8H3/b31-17+,32-18+,35-19?,36-20?. The molecule has 2 heterocycles. The van der Waals surface area contributed by atoms with Crippen molar-refractivity contribution in [3.63, 3.8) is 0 Å². The Kier molecular flexibility index (Phi) is 6.71. The van der Waals surface area contributed by atoms with Crippen molar-refractivity contribution in [1.82, 2.24) is 0 Å². The molecule has 5 heteroatoms. The van der Waals surface area contributed by atoms with E-state index in [1.54, 1.807) is 7.11 Å². The predicted octanol–water partition coefficient (Wildman–Crippen LogP) is 8.03. The smallest absolute Gasteiger partial charge is 0.146 e. The van der Waals surface area contributed by atoms with Crippen LogP contribution in [-0.4, -0.2) is 33.6 Å². The average Bonchev–Trinajstić information content (AvgIpc) is 3.24. The molecule has 0 amide bonds. The summed E-state index contributed by atoms with van der Waals surface area (Å²) in [6.07, 6.45) is 7.98. The van der Waals surface area contributed by atoms with Crippen molar-refractivity contribution in [2.24, 2.45) is 9.98 Å². The summed E-state index contributed by atoms with van der Waals surface area (Å²) in [6.45, 7) is 11.1. The van der Waals surface area contributed by atoms with Gasteiger partial charge in [-0.15, -0.1) is 0 Å². The summed E-state index contributed by atoms with van der Waals surface area (Å²) in [5, 5.41) is 0. The van der Waals surface area contributed by atoms with Crippen molar-refractivity contribution < 1.29 is 4.74 Å². The molecule has 200 valence electrons. The lowest BCUT2D eigenvalue weighted by atomic mass is 9.84. The van der Waals surface area contributed by atoms with E-state index in [1.165, 1.54) is 33.9 Å². The lowest BCUT2D eigenvalue weighted by Crippen LogP contribution is -2.23. The van der Waals surface area contributed by atoms with Crippen LogP contribution in [-0.2, 0) is 10.8 Å². The molecule has 5 rings (SSSR count). The first kappa shape index (κ1) is 26.5. The lowest BCUT2D eigenvalue weighted by molar-refractivity contribution is 0.416. The number of rotatable bonds is 5. The van der Waals surface area contributed by atoms with Crippen LogP contribution in [0.15, 0.2) is 94.2 Å². The van der Waals surface area contributed by atoms with Crippen LogP contribution in [0.2, 0.25) is 0 Å². The molecule has 5 nitrogen and oxygen atoms in total. The van der Waals surface area contributed by atoms with Crippen molar-refractivity contribution in [3.05, 3.63) is 101 Å². The number of methoxy groups -OCH3 is 1. The monoisotopic (exact) mass is 518 g/mol. The number of anilines is 2. The zero-order valence-corrected chi connectivity index (χ0v) is 24.3. The number of nitrogens with zero attached hydrogens (tertiary/aromatic N) is 4. The summed E-state index contributed by atoms with van der Waals surface area (Å²) in [5.74, 6) is 0.697. The summed E-state index contributed by atoms with van der Waals surface area (Å²) < 4.78 is 5.71. The number of aryl methyl sites for hydroxylation is 1. The van der Waals surface area contributed by atoms with Crippen LogP contribution in [0.3, 0.4) is 0 Å². The summed E-state index contributed by atoms with van der Waals surface area (Å²) in [6, 6.07) is 21.1. The highest BCUT2D eigenvalue weighted by atomic mass is 16.5. The maximum absolute atomic E-state index is 5.71. The predicted molar refractivity (Wildman–Crippen MR) is 166 cm³/mol. The highest BCUT2D eigenvalue weighted by molar-refractivity contribution is 5.84. The quantitative estimate of drug-likeness (QED) is 0.321. The first-order valence-corrected chi connectivity index (χ1v) is 13.4. The second-order valence-electron chi connectivity index (χ2n) is 11.4. The molecule has 0 bridgehead atoms. The van der Waals surface area contributed by atoms with E-state index in [0.717, 1.165) is 16.9 Å². The van der Waals surface area contributed by atoms with Gasteiger partial charge in [0.15, 0.2) is 0 Å². The van der Waals surface area contributed by atoms with Gasteiger partial charge in [-0.25, -0.2) is 0 Å². The van der Waals surface area contributed by atoms with Crippen molar-refractivity contribution in [2.75, 3.05) is 31.0 Å². The number of likely N-dealkylation sites (N-methyl/N-ethyl adjacent to an activating group) is 2. The Labute approximate surface area is 232 Å². The molecule has 0 saturated heterocycles. The van der Waals surface area contributed by atoms with Crippen LogP contribution in [0, 0.1) is 6.92 Å². The van der Waals surface area contributed by atoms with E-state index in [1.807, 2.05) is 24.6 Å². The fraction of sp³-hybridized carbons (Fsp3) is 0.294. The highest BCUT2D eigenvalue weighted by Gasteiger charge is 2.38. The Morgan fingerprint density at radius 2 is 1.15 bits per heavy atom. The SMILES string of the molecule is COc1cc(N=C/C=C2/N(C)c3ccccc3C2(C)C)c(C)cc1N=C/C=C1/N(C)c2ccccc2C1(C)C. The Bertz CT molecular complexity index is 1540.